The molecule has 8 nitrogen and oxygen atoms in total. The van der Waals surface area contributed by atoms with Crippen molar-refractivity contribution in [2.45, 2.75) is 13.0 Å². The lowest BCUT2D eigenvalue weighted by Gasteiger charge is -2.25. The van der Waals surface area contributed by atoms with Gasteiger partial charge in [-0.2, -0.15) is 0 Å². The number of aromatic nitrogens is 3. The van der Waals surface area contributed by atoms with E-state index in [2.05, 4.69) is 16.0 Å². The third-order valence-corrected chi connectivity index (χ3v) is 6.11. The Morgan fingerprint density at radius 1 is 1.14 bits per heavy atom. The monoisotopic (exact) mass is 472 g/mol. The molecule has 8 heteroatoms. The fourth-order valence-electron chi connectivity index (χ4n) is 4.36. The summed E-state index contributed by atoms with van der Waals surface area (Å²) < 4.78 is 17.4. The Kier molecular flexibility index (Phi) is 6.90. The minimum Gasteiger partial charge on any atom is -0.493 e. The van der Waals surface area contributed by atoms with Crippen LogP contribution in [0.25, 0.3) is 11.0 Å². The number of hydrogen-bond donors (Lipinski definition) is 1. The lowest BCUT2D eigenvalue weighted by molar-refractivity contribution is 0.0731. The molecule has 1 aliphatic heterocycles. The number of carbonyl (C=O) groups is 1. The summed E-state index contributed by atoms with van der Waals surface area (Å²) in [6.07, 6.45) is 4.32. The molecule has 0 radical (unpaired) electrons. The van der Waals surface area contributed by atoms with Crippen molar-refractivity contribution in [1.29, 1.82) is 0 Å². The predicted octanol–water partition coefficient (Wildman–Crippen LogP) is 3.88. The molecule has 0 unspecified atom stereocenters. The Balaban J connectivity index is 1.34. The Morgan fingerprint density at radius 3 is 2.94 bits per heavy atom. The van der Waals surface area contributed by atoms with Gasteiger partial charge in [-0.25, -0.2) is 4.98 Å². The molecule has 1 atom stereocenters. The van der Waals surface area contributed by atoms with Crippen LogP contribution in [0.15, 0.2) is 67.0 Å². The van der Waals surface area contributed by atoms with Crippen molar-refractivity contribution in [2.75, 3.05) is 33.4 Å². The first-order valence-electron chi connectivity index (χ1n) is 11.7. The van der Waals surface area contributed by atoms with Gasteiger partial charge in [0, 0.05) is 42.5 Å². The summed E-state index contributed by atoms with van der Waals surface area (Å²) in [6, 6.07) is 17.1. The molecular weight excluding hydrogens is 444 g/mol. The van der Waals surface area contributed by atoms with Gasteiger partial charge in [0.2, 0.25) is 0 Å². The first-order chi connectivity index (χ1) is 17.2. The highest BCUT2D eigenvalue weighted by Gasteiger charge is 2.27. The Labute approximate surface area is 203 Å². The highest BCUT2D eigenvalue weighted by molar-refractivity contribution is 5.98. The smallest absolute Gasteiger partial charge is 0.257 e. The van der Waals surface area contributed by atoms with E-state index >= 15 is 0 Å². The van der Waals surface area contributed by atoms with E-state index in [1.807, 2.05) is 41.4 Å². The largest absolute Gasteiger partial charge is 0.493 e. The van der Waals surface area contributed by atoms with Gasteiger partial charge in [0.25, 0.3) is 5.91 Å². The third kappa shape index (κ3) is 5.27. The molecule has 1 saturated heterocycles. The van der Waals surface area contributed by atoms with Crippen molar-refractivity contribution in [3.8, 4) is 11.5 Å². The average molecular weight is 473 g/mol. The van der Waals surface area contributed by atoms with E-state index in [0.29, 0.717) is 43.4 Å². The Morgan fingerprint density at radius 2 is 2.09 bits per heavy atom. The van der Waals surface area contributed by atoms with Gasteiger partial charge < -0.3 is 24.1 Å². The minimum atomic E-state index is -0.108. The van der Waals surface area contributed by atoms with E-state index in [1.165, 1.54) is 0 Å². The summed E-state index contributed by atoms with van der Waals surface area (Å²) in [7, 11) is 1.57. The van der Waals surface area contributed by atoms with Crippen molar-refractivity contribution in [3.63, 3.8) is 0 Å². The number of amides is 1. The normalized spacial score (nSPS) is 16.1. The highest BCUT2D eigenvalue weighted by Crippen LogP contribution is 2.33. The quantitative estimate of drug-likeness (QED) is 0.439. The molecule has 1 amide bonds. The van der Waals surface area contributed by atoms with E-state index < -0.39 is 0 Å². The first kappa shape index (κ1) is 22.9. The first-order valence-corrected chi connectivity index (χ1v) is 11.7. The summed E-state index contributed by atoms with van der Waals surface area (Å²) >= 11 is 0. The van der Waals surface area contributed by atoms with Crippen LogP contribution >= 0.6 is 0 Å². The SMILES string of the molecule is COc1cccc(C(=O)N2CCOC[C@H](Cc3ccc4cc[nH]c4n3)C2)c1OCc1ccccn1. The number of ether oxygens (including phenoxy) is 3. The Hall–Kier alpha value is -3.91. The number of nitrogens with one attached hydrogen (secondary N) is 1. The predicted molar refractivity (Wildman–Crippen MR) is 132 cm³/mol. The zero-order chi connectivity index (χ0) is 24.0. The molecule has 0 bridgehead atoms. The van der Waals surface area contributed by atoms with Crippen LogP contribution in [0, 0.1) is 5.92 Å². The van der Waals surface area contributed by atoms with E-state index in [9.17, 15) is 4.79 Å². The van der Waals surface area contributed by atoms with Crippen LogP contribution in [-0.2, 0) is 17.8 Å². The highest BCUT2D eigenvalue weighted by atomic mass is 16.5. The molecule has 3 aromatic heterocycles. The average Bonchev–Trinajstić information content (AvgIpc) is 3.24. The number of benzene rings is 1. The van der Waals surface area contributed by atoms with Gasteiger partial charge in [-0.15, -0.1) is 0 Å². The van der Waals surface area contributed by atoms with E-state index in [0.717, 1.165) is 28.8 Å². The van der Waals surface area contributed by atoms with Gasteiger partial charge >= 0.3 is 0 Å². The maximum atomic E-state index is 13.7. The molecule has 4 heterocycles. The molecule has 1 fully saturated rings. The zero-order valence-electron chi connectivity index (χ0n) is 19.6. The van der Waals surface area contributed by atoms with Gasteiger partial charge in [0.15, 0.2) is 11.5 Å². The summed E-state index contributed by atoms with van der Waals surface area (Å²) in [5, 5.41) is 1.08. The number of nitrogens with zero attached hydrogens (tertiary/aromatic N) is 3. The lowest BCUT2D eigenvalue weighted by atomic mass is 10.0. The van der Waals surface area contributed by atoms with E-state index in [1.54, 1.807) is 31.5 Å². The van der Waals surface area contributed by atoms with Crippen molar-refractivity contribution in [1.82, 2.24) is 19.9 Å². The number of fused-ring (bicyclic) bond motifs is 1. The molecule has 0 saturated carbocycles. The number of hydrogen-bond acceptors (Lipinski definition) is 6. The molecule has 1 N–H and O–H groups in total. The van der Waals surface area contributed by atoms with Crippen molar-refractivity contribution >= 4 is 16.9 Å². The van der Waals surface area contributed by atoms with Gasteiger partial charge in [-0.1, -0.05) is 12.1 Å². The molecule has 5 rings (SSSR count). The second-order valence-electron chi connectivity index (χ2n) is 8.56. The summed E-state index contributed by atoms with van der Waals surface area (Å²) in [6.45, 7) is 2.38. The molecule has 0 spiro atoms. The second-order valence-corrected chi connectivity index (χ2v) is 8.56. The van der Waals surface area contributed by atoms with Crippen molar-refractivity contribution in [2.24, 2.45) is 5.92 Å². The van der Waals surface area contributed by atoms with E-state index in [4.69, 9.17) is 19.2 Å². The number of carbonyl (C=O) groups excluding carboxylic acids is 1. The fourth-order valence-corrected chi connectivity index (χ4v) is 4.36. The molecule has 180 valence electrons. The second kappa shape index (κ2) is 10.6. The van der Waals surface area contributed by atoms with Crippen molar-refractivity contribution < 1.29 is 19.0 Å². The maximum Gasteiger partial charge on any atom is 0.257 e. The van der Waals surface area contributed by atoms with Crippen LogP contribution in [0.3, 0.4) is 0 Å². The number of para-hydroxylation sites is 1. The number of methoxy groups -OCH3 is 1. The van der Waals surface area contributed by atoms with Crippen LogP contribution in [0.2, 0.25) is 0 Å². The molecular formula is C27H28N4O4. The minimum absolute atomic E-state index is 0.108. The number of aromatic amines is 1. The van der Waals surface area contributed by atoms with Gasteiger partial charge in [0.05, 0.1) is 31.6 Å². The Bertz CT molecular complexity index is 1290. The third-order valence-electron chi connectivity index (χ3n) is 6.11. The molecule has 4 aromatic rings. The fraction of sp³-hybridized carbons (Fsp3) is 0.296. The van der Waals surface area contributed by atoms with Crippen LogP contribution in [0.5, 0.6) is 11.5 Å². The van der Waals surface area contributed by atoms with E-state index in [-0.39, 0.29) is 18.4 Å². The van der Waals surface area contributed by atoms with Crippen LogP contribution in [-0.4, -0.2) is 59.2 Å². The van der Waals surface area contributed by atoms with Crippen LogP contribution in [0.4, 0.5) is 0 Å². The van der Waals surface area contributed by atoms with Gasteiger partial charge in [-0.3, -0.25) is 9.78 Å². The number of H-pyrrole nitrogens is 1. The number of rotatable bonds is 7. The number of pyridine rings is 2. The topological polar surface area (TPSA) is 89.6 Å². The van der Waals surface area contributed by atoms with Crippen LogP contribution < -0.4 is 9.47 Å². The molecule has 1 aliphatic rings. The summed E-state index contributed by atoms with van der Waals surface area (Å²) in [5.41, 5.74) is 3.08. The van der Waals surface area contributed by atoms with Crippen LogP contribution in [0.1, 0.15) is 21.7 Å². The lowest BCUT2D eigenvalue weighted by Crippen LogP contribution is -2.36. The summed E-state index contributed by atoms with van der Waals surface area (Å²) in [5.74, 6) is 0.956. The maximum absolute atomic E-state index is 13.7. The molecule has 1 aromatic carbocycles. The molecule has 0 aliphatic carbocycles. The van der Waals surface area contributed by atoms with Gasteiger partial charge in [0.1, 0.15) is 12.3 Å². The zero-order valence-corrected chi connectivity index (χ0v) is 19.6. The standard InChI is InChI=1S/C27H28N4O4/c1-33-24-7-4-6-23(25(24)35-18-22-5-2-3-11-28-22)27(32)31-13-14-34-17-19(16-31)15-21-9-8-20-10-12-29-26(20)30-21/h2-12,19H,13-18H2,1H3,(H,29,30)/t19-/m1/s1. The summed E-state index contributed by atoms with van der Waals surface area (Å²) in [4.78, 5) is 27.7. The molecule has 35 heavy (non-hydrogen) atoms. The van der Waals surface area contributed by atoms with Gasteiger partial charge in [-0.05, 0) is 48.9 Å². The van der Waals surface area contributed by atoms with Crippen molar-refractivity contribution in [3.05, 3.63) is 83.9 Å².